The van der Waals surface area contributed by atoms with Crippen molar-refractivity contribution < 1.29 is 18.0 Å². The van der Waals surface area contributed by atoms with E-state index in [0.717, 1.165) is 25.7 Å². The summed E-state index contributed by atoms with van der Waals surface area (Å²) in [6.45, 7) is 5.89. The highest BCUT2D eigenvalue weighted by Gasteiger charge is 2.32. The monoisotopic (exact) mass is 367 g/mol. The van der Waals surface area contributed by atoms with Crippen LogP contribution in [-0.2, 0) is 11.0 Å². The standard InChI is InChI=1S/C17H20F3N5O/c1-12(26)21-6-7-24-8-10-25(11-9-24)16-13-2-3-15(17(18,19)20)23-14(13)4-5-22-16/h2-5H,6-11H2,1H3,(H,21,26). The minimum absolute atomic E-state index is 0.0469. The van der Waals surface area contributed by atoms with Gasteiger partial charge in [-0.3, -0.25) is 9.69 Å². The molecule has 1 saturated heterocycles. The number of pyridine rings is 2. The fourth-order valence-corrected chi connectivity index (χ4v) is 3.02. The Kier molecular flexibility index (Phi) is 5.26. The Balaban J connectivity index is 1.70. The number of alkyl halides is 3. The van der Waals surface area contributed by atoms with E-state index in [0.29, 0.717) is 30.8 Å². The van der Waals surface area contributed by atoms with Gasteiger partial charge in [-0.05, 0) is 18.2 Å². The Bertz CT molecular complexity index is 788. The number of halogens is 3. The van der Waals surface area contributed by atoms with Gasteiger partial charge in [-0.25, -0.2) is 9.97 Å². The van der Waals surface area contributed by atoms with Gasteiger partial charge in [0.05, 0.1) is 5.52 Å². The first-order valence-electron chi connectivity index (χ1n) is 8.39. The summed E-state index contributed by atoms with van der Waals surface area (Å²) in [4.78, 5) is 23.3. The van der Waals surface area contributed by atoms with Crippen LogP contribution in [0.3, 0.4) is 0 Å². The maximum absolute atomic E-state index is 12.8. The van der Waals surface area contributed by atoms with Crippen molar-refractivity contribution in [2.75, 3.05) is 44.2 Å². The van der Waals surface area contributed by atoms with Crippen molar-refractivity contribution in [3.8, 4) is 0 Å². The topological polar surface area (TPSA) is 61.4 Å². The molecule has 0 aliphatic carbocycles. The number of aromatic nitrogens is 2. The molecule has 0 bridgehead atoms. The first kappa shape index (κ1) is 18.4. The van der Waals surface area contributed by atoms with Crippen molar-refractivity contribution in [2.24, 2.45) is 0 Å². The lowest BCUT2D eigenvalue weighted by Crippen LogP contribution is -2.48. The van der Waals surface area contributed by atoms with Crippen LogP contribution >= 0.6 is 0 Å². The van der Waals surface area contributed by atoms with Crippen molar-refractivity contribution in [3.63, 3.8) is 0 Å². The van der Waals surface area contributed by atoms with Gasteiger partial charge in [-0.1, -0.05) is 0 Å². The normalized spacial score (nSPS) is 16.1. The quantitative estimate of drug-likeness (QED) is 0.895. The first-order chi connectivity index (χ1) is 12.3. The number of fused-ring (bicyclic) bond motifs is 1. The molecule has 0 saturated carbocycles. The van der Waals surface area contributed by atoms with Crippen LogP contribution in [0.4, 0.5) is 19.0 Å². The number of piperazine rings is 1. The van der Waals surface area contributed by atoms with Gasteiger partial charge in [0.2, 0.25) is 5.91 Å². The van der Waals surface area contributed by atoms with Crippen LogP contribution in [0.25, 0.3) is 10.9 Å². The average Bonchev–Trinajstić information content (AvgIpc) is 2.60. The molecular weight excluding hydrogens is 347 g/mol. The maximum atomic E-state index is 12.8. The van der Waals surface area contributed by atoms with Crippen molar-refractivity contribution in [1.29, 1.82) is 0 Å². The van der Waals surface area contributed by atoms with E-state index in [2.05, 4.69) is 25.1 Å². The summed E-state index contributed by atoms with van der Waals surface area (Å²) >= 11 is 0. The smallest absolute Gasteiger partial charge is 0.355 e. The summed E-state index contributed by atoms with van der Waals surface area (Å²) in [5.74, 6) is 0.611. The summed E-state index contributed by atoms with van der Waals surface area (Å²) in [7, 11) is 0. The Labute approximate surface area is 149 Å². The Morgan fingerprint density at radius 1 is 1.19 bits per heavy atom. The van der Waals surface area contributed by atoms with Crippen LogP contribution < -0.4 is 10.2 Å². The van der Waals surface area contributed by atoms with Gasteiger partial charge in [-0.2, -0.15) is 13.2 Å². The molecule has 0 spiro atoms. The number of hydrogen-bond donors (Lipinski definition) is 1. The molecule has 1 aliphatic rings. The van der Waals surface area contributed by atoms with E-state index in [4.69, 9.17) is 0 Å². The molecular formula is C17H20F3N5O. The van der Waals surface area contributed by atoms with Crippen molar-refractivity contribution >= 4 is 22.6 Å². The lowest BCUT2D eigenvalue weighted by molar-refractivity contribution is -0.141. The summed E-state index contributed by atoms with van der Waals surface area (Å²) in [5, 5.41) is 3.39. The molecule has 6 nitrogen and oxygen atoms in total. The van der Waals surface area contributed by atoms with Gasteiger partial charge >= 0.3 is 6.18 Å². The fourth-order valence-electron chi connectivity index (χ4n) is 3.02. The zero-order valence-electron chi connectivity index (χ0n) is 14.4. The highest BCUT2D eigenvalue weighted by atomic mass is 19.4. The highest BCUT2D eigenvalue weighted by Crippen LogP contribution is 2.31. The molecule has 2 aromatic heterocycles. The summed E-state index contributed by atoms with van der Waals surface area (Å²) in [6, 6.07) is 3.94. The molecule has 3 heterocycles. The van der Waals surface area contributed by atoms with Crippen LogP contribution in [-0.4, -0.2) is 60.0 Å². The minimum Gasteiger partial charge on any atom is -0.355 e. The molecule has 0 atom stereocenters. The molecule has 1 fully saturated rings. The van der Waals surface area contributed by atoms with E-state index in [9.17, 15) is 18.0 Å². The second-order valence-corrected chi connectivity index (χ2v) is 6.21. The number of carbonyl (C=O) groups excluding carboxylic acids is 1. The van der Waals surface area contributed by atoms with Gasteiger partial charge in [0.15, 0.2) is 0 Å². The SMILES string of the molecule is CC(=O)NCCN1CCN(c2nccc3nc(C(F)(F)F)ccc23)CC1. The molecule has 0 aromatic carbocycles. The third-order valence-electron chi connectivity index (χ3n) is 4.36. The van der Waals surface area contributed by atoms with E-state index >= 15 is 0 Å². The lowest BCUT2D eigenvalue weighted by Gasteiger charge is -2.35. The van der Waals surface area contributed by atoms with Crippen molar-refractivity contribution in [3.05, 3.63) is 30.1 Å². The molecule has 0 unspecified atom stereocenters. The molecule has 140 valence electrons. The molecule has 9 heteroatoms. The zero-order chi connectivity index (χ0) is 18.7. The molecule has 3 rings (SSSR count). The largest absolute Gasteiger partial charge is 0.433 e. The summed E-state index contributed by atoms with van der Waals surface area (Å²) in [5.41, 5.74) is -0.608. The van der Waals surface area contributed by atoms with Gasteiger partial charge in [0, 0.05) is 57.8 Å². The Morgan fingerprint density at radius 2 is 1.92 bits per heavy atom. The van der Waals surface area contributed by atoms with Gasteiger partial charge in [0.1, 0.15) is 11.5 Å². The Morgan fingerprint density at radius 3 is 2.58 bits per heavy atom. The number of anilines is 1. The zero-order valence-corrected chi connectivity index (χ0v) is 14.4. The van der Waals surface area contributed by atoms with E-state index in [1.54, 1.807) is 0 Å². The third-order valence-corrected chi connectivity index (χ3v) is 4.36. The molecule has 1 aliphatic heterocycles. The van der Waals surface area contributed by atoms with Crippen LogP contribution in [0.5, 0.6) is 0 Å². The fraction of sp³-hybridized carbons (Fsp3) is 0.471. The Hall–Kier alpha value is -2.42. The predicted molar refractivity (Wildman–Crippen MR) is 91.9 cm³/mol. The molecule has 1 N–H and O–H groups in total. The van der Waals surface area contributed by atoms with E-state index in [-0.39, 0.29) is 11.4 Å². The van der Waals surface area contributed by atoms with Crippen LogP contribution in [0.15, 0.2) is 24.4 Å². The van der Waals surface area contributed by atoms with E-state index < -0.39 is 11.9 Å². The number of carbonyl (C=O) groups is 1. The maximum Gasteiger partial charge on any atom is 0.433 e. The van der Waals surface area contributed by atoms with Gasteiger partial charge in [-0.15, -0.1) is 0 Å². The second kappa shape index (κ2) is 7.45. The number of nitrogens with zero attached hydrogens (tertiary/aromatic N) is 4. The summed E-state index contributed by atoms with van der Waals surface area (Å²) in [6.07, 6.45) is -2.97. The third kappa shape index (κ3) is 4.21. The van der Waals surface area contributed by atoms with Crippen LogP contribution in [0.2, 0.25) is 0 Å². The molecule has 0 radical (unpaired) electrons. The highest BCUT2D eigenvalue weighted by molar-refractivity contribution is 5.89. The molecule has 2 aromatic rings. The number of amides is 1. The molecule has 26 heavy (non-hydrogen) atoms. The minimum atomic E-state index is -4.46. The summed E-state index contributed by atoms with van der Waals surface area (Å²) < 4.78 is 38.5. The lowest BCUT2D eigenvalue weighted by atomic mass is 10.2. The van der Waals surface area contributed by atoms with Crippen LogP contribution in [0, 0.1) is 0 Å². The number of nitrogens with one attached hydrogen (secondary N) is 1. The van der Waals surface area contributed by atoms with Gasteiger partial charge < -0.3 is 10.2 Å². The second-order valence-electron chi connectivity index (χ2n) is 6.21. The van der Waals surface area contributed by atoms with E-state index in [1.165, 1.54) is 25.3 Å². The number of rotatable bonds is 4. The first-order valence-corrected chi connectivity index (χ1v) is 8.39. The van der Waals surface area contributed by atoms with Crippen molar-refractivity contribution in [1.82, 2.24) is 20.2 Å². The van der Waals surface area contributed by atoms with Gasteiger partial charge in [0.25, 0.3) is 0 Å². The van der Waals surface area contributed by atoms with Crippen molar-refractivity contribution in [2.45, 2.75) is 13.1 Å². The number of hydrogen-bond acceptors (Lipinski definition) is 5. The predicted octanol–water partition coefficient (Wildman–Crippen LogP) is 1.91. The average molecular weight is 367 g/mol. The van der Waals surface area contributed by atoms with Crippen LogP contribution in [0.1, 0.15) is 12.6 Å². The molecule has 1 amide bonds. The van der Waals surface area contributed by atoms with E-state index in [1.807, 2.05) is 0 Å².